The second kappa shape index (κ2) is 4.85. The molecule has 1 aromatic carbocycles. The predicted octanol–water partition coefficient (Wildman–Crippen LogP) is 2.78. The van der Waals surface area contributed by atoms with Gasteiger partial charge in [-0.25, -0.2) is 4.39 Å². The standard InChI is InChI=1S/C15H13FN2O2/c1-17-15(19)13-8-14-12(6-7-20-14)18(13)9-10-4-2-3-5-11(10)16/h2-8H,9H2,1H3,(H,17,19). The van der Waals surface area contributed by atoms with Crippen LogP contribution in [0, 0.1) is 5.82 Å². The van der Waals surface area contributed by atoms with Crippen molar-refractivity contribution in [3.63, 3.8) is 0 Å². The lowest BCUT2D eigenvalue weighted by atomic mass is 10.2. The van der Waals surface area contributed by atoms with Crippen LogP contribution in [-0.4, -0.2) is 17.5 Å². The number of carbonyl (C=O) groups excluding carboxylic acids is 1. The van der Waals surface area contributed by atoms with E-state index in [1.165, 1.54) is 6.07 Å². The van der Waals surface area contributed by atoms with Crippen LogP contribution in [0.25, 0.3) is 11.1 Å². The van der Waals surface area contributed by atoms with Gasteiger partial charge < -0.3 is 14.3 Å². The Morgan fingerprint density at radius 2 is 2.15 bits per heavy atom. The summed E-state index contributed by atoms with van der Waals surface area (Å²) in [5.74, 6) is -0.520. The molecule has 102 valence electrons. The summed E-state index contributed by atoms with van der Waals surface area (Å²) in [4.78, 5) is 11.9. The second-order valence-corrected chi connectivity index (χ2v) is 4.46. The van der Waals surface area contributed by atoms with Crippen LogP contribution in [0.1, 0.15) is 16.1 Å². The first-order valence-corrected chi connectivity index (χ1v) is 6.23. The van der Waals surface area contributed by atoms with Gasteiger partial charge in [0.1, 0.15) is 11.5 Å². The number of nitrogens with one attached hydrogen (secondary N) is 1. The summed E-state index contributed by atoms with van der Waals surface area (Å²) in [6, 6.07) is 9.95. The zero-order valence-electron chi connectivity index (χ0n) is 10.9. The van der Waals surface area contributed by atoms with Gasteiger partial charge in [-0.1, -0.05) is 18.2 Å². The molecule has 0 aliphatic rings. The summed E-state index contributed by atoms with van der Waals surface area (Å²) in [5, 5.41) is 2.58. The molecule has 2 aromatic heterocycles. The summed E-state index contributed by atoms with van der Waals surface area (Å²) in [5.41, 5.74) is 2.35. The monoisotopic (exact) mass is 272 g/mol. The summed E-state index contributed by atoms with van der Waals surface area (Å²) >= 11 is 0. The maximum absolute atomic E-state index is 13.8. The first-order chi connectivity index (χ1) is 9.70. The number of amides is 1. The highest BCUT2D eigenvalue weighted by atomic mass is 19.1. The molecular weight excluding hydrogens is 259 g/mol. The van der Waals surface area contributed by atoms with E-state index in [-0.39, 0.29) is 18.3 Å². The Hall–Kier alpha value is -2.56. The molecule has 0 bridgehead atoms. The Morgan fingerprint density at radius 1 is 1.35 bits per heavy atom. The Labute approximate surface area is 114 Å². The molecule has 4 nitrogen and oxygen atoms in total. The topological polar surface area (TPSA) is 47.2 Å². The van der Waals surface area contributed by atoms with E-state index in [4.69, 9.17) is 4.42 Å². The Morgan fingerprint density at radius 3 is 2.90 bits per heavy atom. The molecule has 0 spiro atoms. The number of hydrogen-bond acceptors (Lipinski definition) is 2. The second-order valence-electron chi connectivity index (χ2n) is 4.46. The van der Waals surface area contributed by atoms with Crippen molar-refractivity contribution in [2.75, 3.05) is 7.05 Å². The Bertz CT molecular complexity index is 773. The zero-order valence-corrected chi connectivity index (χ0v) is 10.9. The van der Waals surface area contributed by atoms with Gasteiger partial charge in [0.05, 0.1) is 18.3 Å². The van der Waals surface area contributed by atoms with E-state index in [9.17, 15) is 9.18 Å². The minimum atomic E-state index is -0.291. The third-order valence-corrected chi connectivity index (χ3v) is 3.27. The molecule has 1 amide bonds. The van der Waals surface area contributed by atoms with Gasteiger partial charge in [0.25, 0.3) is 5.91 Å². The van der Waals surface area contributed by atoms with Crippen LogP contribution in [0.3, 0.4) is 0 Å². The van der Waals surface area contributed by atoms with Crippen molar-refractivity contribution in [2.24, 2.45) is 0 Å². The van der Waals surface area contributed by atoms with E-state index in [0.29, 0.717) is 16.8 Å². The van der Waals surface area contributed by atoms with E-state index in [1.54, 1.807) is 48.2 Å². The number of hydrogen-bond donors (Lipinski definition) is 1. The number of rotatable bonds is 3. The molecule has 0 aliphatic carbocycles. The number of nitrogens with zero attached hydrogens (tertiary/aromatic N) is 1. The lowest BCUT2D eigenvalue weighted by Gasteiger charge is -2.09. The molecule has 1 N–H and O–H groups in total. The molecule has 0 unspecified atom stereocenters. The Balaban J connectivity index is 2.11. The van der Waals surface area contributed by atoms with Crippen LogP contribution in [0.2, 0.25) is 0 Å². The highest BCUT2D eigenvalue weighted by Gasteiger charge is 2.17. The molecule has 3 aromatic rings. The third-order valence-electron chi connectivity index (χ3n) is 3.27. The van der Waals surface area contributed by atoms with E-state index < -0.39 is 0 Å². The summed E-state index contributed by atoms with van der Waals surface area (Å²) in [6.45, 7) is 0.276. The van der Waals surface area contributed by atoms with Crippen LogP contribution in [0.4, 0.5) is 4.39 Å². The molecule has 3 rings (SSSR count). The van der Waals surface area contributed by atoms with Crippen molar-refractivity contribution in [2.45, 2.75) is 6.54 Å². The number of benzene rings is 1. The van der Waals surface area contributed by atoms with Gasteiger partial charge in [-0.2, -0.15) is 0 Å². The minimum absolute atomic E-state index is 0.229. The highest BCUT2D eigenvalue weighted by Crippen LogP contribution is 2.23. The van der Waals surface area contributed by atoms with Crippen molar-refractivity contribution in [1.82, 2.24) is 9.88 Å². The first-order valence-electron chi connectivity index (χ1n) is 6.23. The molecule has 5 heteroatoms. The summed E-state index contributed by atoms with van der Waals surface area (Å²) in [7, 11) is 1.56. The van der Waals surface area contributed by atoms with E-state index in [0.717, 1.165) is 5.52 Å². The summed E-state index contributed by atoms with van der Waals surface area (Å²) < 4.78 is 20.8. The number of fused-ring (bicyclic) bond motifs is 1. The van der Waals surface area contributed by atoms with Gasteiger partial charge >= 0.3 is 0 Å². The predicted molar refractivity (Wildman–Crippen MR) is 73.1 cm³/mol. The van der Waals surface area contributed by atoms with Crippen LogP contribution < -0.4 is 5.32 Å². The number of furan rings is 1. The molecule has 2 heterocycles. The fraction of sp³-hybridized carbons (Fsp3) is 0.133. The fourth-order valence-electron chi connectivity index (χ4n) is 2.26. The number of carbonyl (C=O) groups is 1. The minimum Gasteiger partial charge on any atom is -0.463 e. The Kier molecular flexibility index (Phi) is 3.02. The van der Waals surface area contributed by atoms with Gasteiger partial charge in [-0.3, -0.25) is 4.79 Å². The van der Waals surface area contributed by atoms with Crippen LogP contribution in [0.15, 0.2) is 47.1 Å². The average molecular weight is 272 g/mol. The van der Waals surface area contributed by atoms with Crippen molar-refractivity contribution in [3.05, 3.63) is 59.7 Å². The molecule has 0 saturated carbocycles. The van der Waals surface area contributed by atoms with Gasteiger partial charge in [-0.05, 0) is 6.07 Å². The first kappa shape index (κ1) is 12.5. The fourth-order valence-corrected chi connectivity index (χ4v) is 2.26. The molecule has 20 heavy (non-hydrogen) atoms. The zero-order chi connectivity index (χ0) is 14.1. The van der Waals surface area contributed by atoms with E-state index >= 15 is 0 Å². The maximum atomic E-state index is 13.8. The molecular formula is C15H13FN2O2. The van der Waals surface area contributed by atoms with Crippen molar-refractivity contribution in [3.8, 4) is 0 Å². The molecule has 0 radical (unpaired) electrons. The largest absolute Gasteiger partial charge is 0.463 e. The summed E-state index contributed by atoms with van der Waals surface area (Å²) in [6.07, 6.45) is 1.55. The van der Waals surface area contributed by atoms with Gasteiger partial charge in [0.15, 0.2) is 5.58 Å². The normalized spacial score (nSPS) is 10.9. The third kappa shape index (κ3) is 1.97. The van der Waals surface area contributed by atoms with E-state index in [1.807, 2.05) is 0 Å². The van der Waals surface area contributed by atoms with E-state index in [2.05, 4.69) is 5.32 Å². The average Bonchev–Trinajstić information content (AvgIpc) is 3.03. The smallest absolute Gasteiger partial charge is 0.267 e. The molecule has 0 fully saturated rings. The highest BCUT2D eigenvalue weighted by molar-refractivity contribution is 5.97. The van der Waals surface area contributed by atoms with Crippen molar-refractivity contribution in [1.29, 1.82) is 0 Å². The van der Waals surface area contributed by atoms with Crippen molar-refractivity contribution < 1.29 is 13.6 Å². The SMILES string of the molecule is CNC(=O)c1cc2occc2n1Cc1ccccc1F. The quantitative estimate of drug-likeness (QED) is 0.797. The van der Waals surface area contributed by atoms with Gasteiger partial charge in [-0.15, -0.1) is 0 Å². The molecule has 0 aliphatic heterocycles. The van der Waals surface area contributed by atoms with Crippen LogP contribution in [-0.2, 0) is 6.54 Å². The molecule has 0 saturated heterocycles. The lowest BCUT2D eigenvalue weighted by molar-refractivity contribution is 0.0954. The molecule has 0 atom stereocenters. The van der Waals surface area contributed by atoms with Gasteiger partial charge in [0.2, 0.25) is 0 Å². The van der Waals surface area contributed by atoms with Crippen LogP contribution >= 0.6 is 0 Å². The van der Waals surface area contributed by atoms with Crippen molar-refractivity contribution >= 4 is 17.0 Å². The number of aromatic nitrogens is 1. The maximum Gasteiger partial charge on any atom is 0.267 e. The lowest BCUT2D eigenvalue weighted by Crippen LogP contribution is -2.22. The van der Waals surface area contributed by atoms with Gasteiger partial charge in [0, 0.05) is 24.7 Å². The number of halogens is 1. The van der Waals surface area contributed by atoms with Crippen LogP contribution in [0.5, 0.6) is 0 Å².